The van der Waals surface area contributed by atoms with Crippen molar-refractivity contribution in [1.82, 2.24) is 4.90 Å². The molecule has 2 rings (SSSR count). The number of likely N-dealkylation sites (tertiary alicyclic amines) is 1. The zero-order valence-electron chi connectivity index (χ0n) is 12.1. The maximum atomic E-state index is 6.18. The SMILES string of the molecule is CCC1(CC)CCN(C(N)=NC2CCCC2)CC1. The lowest BCUT2D eigenvalue weighted by atomic mass is 9.74. The minimum atomic E-state index is 0.508. The normalized spacial score (nSPS) is 25.7. The molecule has 0 atom stereocenters. The van der Waals surface area contributed by atoms with Gasteiger partial charge in [-0.05, 0) is 31.1 Å². The van der Waals surface area contributed by atoms with Crippen LogP contribution in [0.15, 0.2) is 4.99 Å². The van der Waals surface area contributed by atoms with E-state index in [0.717, 1.165) is 19.0 Å². The van der Waals surface area contributed by atoms with Crippen molar-refractivity contribution in [3.63, 3.8) is 0 Å². The van der Waals surface area contributed by atoms with Gasteiger partial charge in [0.15, 0.2) is 5.96 Å². The first kappa shape index (κ1) is 13.7. The minimum absolute atomic E-state index is 0.508. The number of nitrogens with zero attached hydrogens (tertiary/aromatic N) is 2. The Balaban J connectivity index is 1.88. The average Bonchev–Trinajstić information content (AvgIpc) is 2.91. The second-order valence-electron chi connectivity index (χ2n) is 6.12. The summed E-state index contributed by atoms with van der Waals surface area (Å²) in [4.78, 5) is 7.03. The number of aliphatic imine (C=N–C) groups is 1. The largest absolute Gasteiger partial charge is 0.370 e. The maximum absolute atomic E-state index is 6.18. The van der Waals surface area contributed by atoms with Crippen LogP contribution in [0.25, 0.3) is 0 Å². The standard InChI is InChI=1S/C15H29N3/c1-3-15(4-2)9-11-18(12-10-15)14(16)17-13-7-5-6-8-13/h13H,3-12H2,1-2H3,(H2,16,17). The van der Waals surface area contributed by atoms with Crippen molar-refractivity contribution in [2.24, 2.45) is 16.1 Å². The third-order valence-electron chi connectivity index (χ3n) is 5.29. The molecule has 0 bridgehead atoms. The highest BCUT2D eigenvalue weighted by Crippen LogP contribution is 2.37. The van der Waals surface area contributed by atoms with Crippen LogP contribution in [0.1, 0.15) is 65.2 Å². The fourth-order valence-corrected chi connectivity index (χ4v) is 3.47. The van der Waals surface area contributed by atoms with Crippen molar-refractivity contribution in [2.45, 2.75) is 71.3 Å². The highest BCUT2D eigenvalue weighted by Gasteiger charge is 2.31. The molecule has 2 aliphatic rings. The van der Waals surface area contributed by atoms with Crippen molar-refractivity contribution >= 4 is 5.96 Å². The van der Waals surface area contributed by atoms with Crippen LogP contribution >= 0.6 is 0 Å². The molecule has 2 N–H and O–H groups in total. The summed E-state index contributed by atoms with van der Waals surface area (Å²) in [7, 11) is 0. The van der Waals surface area contributed by atoms with Crippen LogP contribution in [0.3, 0.4) is 0 Å². The molecular formula is C15H29N3. The molecule has 18 heavy (non-hydrogen) atoms. The van der Waals surface area contributed by atoms with E-state index in [2.05, 4.69) is 18.7 Å². The van der Waals surface area contributed by atoms with E-state index in [1.807, 2.05) is 0 Å². The Morgan fingerprint density at radius 1 is 1.17 bits per heavy atom. The van der Waals surface area contributed by atoms with Gasteiger partial charge in [-0.25, -0.2) is 4.99 Å². The fraction of sp³-hybridized carbons (Fsp3) is 0.933. The van der Waals surface area contributed by atoms with E-state index in [-0.39, 0.29) is 0 Å². The first-order valence-electron chi connectivity index (χ1n) is 7.77. The molecule has 3 heteroatoms. The number of hydrogen-bond acceptors (Lipinski definition) is 1. The van der Waals surface area contributed by atoms with E-state index < -0.39 is 0 Å². The lowest BCUT2D eigenvalue weighted by Gasteiger charge is -2.41. The quantitative estimate of drug-likeness (QED) is 0.618. The van der Waals surface area contributed by atoms with Gasteiger partial charge in [-0.15, -0.1) is 0 Å². The summed E-state index contributed by atoms with van der Waals surface area (Å²) in [5.74, 6) is 0.808. The molecule has 0 radical (unpaired) electrons. The van der Waals surface area contributed by atoms with E-state index >= 15 is 0 Å². The van der Waals surface area contributed by atoms with Gasteiger partial charge in [-0.2, -0.15) is 0 Å². The molecule has 0 amide bonds. The van der Waals surface area contributed by atoms with E-state index in [1.165, 1.54) is 51.4 Å². The predicted molar refractivity (Wildman–Crippen MR) is 77.7 cm³/mol. The summed E-state index contributed by atoms with van der Waals surface area (Å²) in [5, 5.41) is 0. The van der Waals surface area contributed by atoms with Gasteiger partial charge in [0.2, 0.25) is 0 Å². The molecule has 2 fully saturated rings. The van der Waals surface area contributed by atoms with Crippen molar-refractivity contribution in [3.05, 3.63) is 0 Å². The van der Waals surface area contributed by atoms with Gasteiger partial charge in [0.05, 0.1) is 6.04 Å². The van der Waals surface area contributed by atoms with Crippen LogP contribution in [-0.2, 0) is 0 Å². The van der Waals surface area contributed by atoms with Crippen LogP contribution in [0, 0.1) is 5.41 Å². The van der Waals surface area contributed by atoms with Crippen molar-refractivity contribution < 1.29 is 0 Å². The molecule has 0 aromatic carbocycles. The summed E-state index contributed by atoms with van der Waals surface area (Å²) in [6, 6.07) is 0.508. The zero-order valence-corrected chi connectivity index (χ0v) is 12.1. The first-order valence-corrected chi connectivity index (χ1v) is 7.77. The molecule has 0 unspecified atom stereocenters. The zero-order chi connectivity index (χ0) is 13.0. The summed E-state index contributed by atoms with van der Waals surface area (Å²) in [5.41, 5.74) is 6.75. The van der Waals surface area contributed by atoms with E-state index in [0.29, 0.717) is 11.5 Å². The Bertz CT molecular complexity index is 278. The van der Waals surface area contributed by atoms with Gasteiger partial charge in [0, 0.05) is 13.1 Å². The molecule has 3 nitrogen and oxygen atoms in total. The van der Waals surface area contributed by atoms with Crippen LogP contribution in [0.5, 0.6) is 0 Å². The van der Waals surface area contributed by atoms with Gasteiger partial charge in [0.25, 0.3) is 0 Å². The van der Waals surface area contributed by atoms with Crippen LogP contribution in [0.4, 0.5) is 0 Å². The van der Waals surface area contributed by atoms with Crippen molar-refractivity contribution in [3.8, 4) is 0 Å². The van der Waals surface area contributed by atoms with Crippen LogP contribution in [-0.4, -0.2) is 30.0 Å². The second-order valence-corrected chi connectivity index (χ2v) is 6.12. The Hall–Kier alpha value is -0.730. The maximum Gasteiger partial charge on any atom is 0.191 e. The second kappa shape index (κ2) is 5.94. The van der Waals surface area contributed by atoms with Crippen molar-refractivity contribution in [1.29, 1.82) is 0 Å². The smallest absolute Gasteiger partial charge is 0.191 e. The van der Waals surface area contributed by atoms with Gasteiger partial charge in [-0.1, -0.05) is 39.5 Å². The van der Waals surface area contributed by atoms with Crippen molar-refractivity contribution in [2.75, 3.05) is 13.1 Å². The fourth-order valence-electron chi connectivity index (χ4n) is 3.47. The Morgan fingerprint density at radius 2 is 1.72 bits per heavy atom. The van der Waals surface area contributed by atoms with E-state index in [9.17, 15) is 0 Å². The molecule has 0 spiro atoms. The number of nitrogens with two attached hydrogens (primary N) is 1. The Kier molecular flexibility index (Phi) is 4.52. The topological polar surface area (TPSA) is 41.6 Å². The highest BCUT2D eigenvalue weighted by molar-refractivity contribution is 5.78. The average molecular weight is 251 g/mol. The first-order chi connectivity index (χ1) is 8.69. The van der Waals surface area contributed by atoms with Crippen LogP contribution in [0.2, 0.25) is 0 Å². The lowest BCUT2D eigenvalue weighted by Crippen LogP contribution is -2.46. The molecule has 0 aromatic rings. The molecule has 0 aromatic heterocycles. The number of guanidine groups is 1. The molecule has 1 saturated heterocycles. The molecule has 1 aliphatic carbocycles. The Morgan fingerprint density at radius 3 is 2.22 bits per heavy atom. The molecule has 1 saturated carbocycles. The highest BCUT2D eigenvalue weighted by atomic mass is 15.3. The molecule has 1 heterocycles. The van der Waals surface area contributed by atoms with Gasteiger partial charge >= 0.3 is 0 Å². The monoisotopic (exact) mass is 251 g/mol. The number of piperidine rings is 1. The number of hydrogen-bond donors (Lipinski definition) is 1. The lowest BCUT2D eigenvalue weighted by molar-refractivity contribution is 0.135. The minimum Gasteiger partial charge on any atom is -0.370 e. The van der Waals surface area contributed by atoms with Gasteiger partial charge in [0.1, 0.15) is 0 Å². The van der Waals surface area contributed by atoms with Gasteiger partial charge < -0.3 is 10.6 Å². The molecular weight excluding hydrogens is 222 g/mol. The third-order valence-corrected chi connectivity index (χ3v) is 5.29. The molecule has 1 aliphatic heterocycles. The summed E-state index contributed by atoms with van der Waals surface area (Å²) >= 11 is 0. The molecule has 104 valence electrons. The summed E-state index contributed by atoms with van der Waals surface area (Å²) in [6.45, 7) is 6.86. The van der Waals surface area contributed by atoms with E-state index in [1.54, 1.807) is 0 Å². The van der Waals surface area contributed by atoms with Crippen LogP contribution < -0.4 is 5.73 Å². The predicted octanol–water partition coefficient (Wildman–Crippen LogP) is 3.15. The van der Waals surface area contributed by atoms with E-state index in [4.69, 9.17) is 10.7 Å². The Labute approximate surface area is 112 Å². The summed E-state index contributed by atoms with van der Waals surface area (Å²) < 4.78 is 0. The number of rotatable bonds is 3. The third kappa shape index (κ3) is 2.99. The summed E-state index contributed by atoms with van der Waals surface area (Å²) in [6.07, 6.45) is 10.3. The van der Waals surface area contributed by atoms with Gasteiger partial charge in [-0.3, -0.25) is 0 Å².